The second-order valence-electron chi connectivity index (χ2n) is 6.18. The van der Waals surface area contributed by atoms with E-state index in [0.29, 0.717) is 28.6 Å². The minimum absolute atomic E-state index is 0.0521. The van der Waals surface area contributed by atoms with Gasteiger partial charge in [0.05, 0.1) is 22.5 Å². The minimum Gasteiger partial charge on any atom is -0.455 e. The van der Waals surface area contributed by atoms with Crippen LogP contribution in [-0.4, -0.2) is 28.4 Å². The average molecular weight is 383 g/mol. The van der Waals surface area contributed by atoms with Crippen LogP contribution in [0.1, 0.15) is 41.2 Å². The molecule has 0 fully saturated rings. The highest BCUT2D eigenvalue weighted by molar-refractivity contribution is 7.14. The van der Waals surface area contributed by atoms with Crippen molar-refractivity contribution < 1.29 is 14.3 Å². The van der Waals surface area contributed by atoms with Gasteiger partial charge in [0.25, 0.3) is 0 Å². The van der Waals surface area contributed by atoms with Crippen molar-refractivity contribution in [3.8, 4) is 0 Å². The minimum atomic E-state index is -0.420. The fourth-order valence-electron chi connectivity index (χ4n) is 3.02. The fraction of sp³-hybridized carbons (Fsp3) is 0.300. The maximum Gasteiger partial charge on any atom is 0.340 e. The molecule has 0 bridgehead atoms. The van der Waals surface area contributed by atoms with E-state index in [1.807, 2.05) is 45.0 Å². The van der Waals surface area contributed by atoms with Crippen molar-refractivity contribution in [2.24, 2.45) is 0 Å². The number of fused-ring (bicyclic) bond motifs is 1. The molecule has 1 amide bonds. The number of aromatic nitrogens is 2. The van der Waals surface area contributed by atoms with Crippen LogP contribution in [0.2, 0.25) is 0 Å². The molecular formula is C20H21N3O3S. The van der Waals surface area contributed by atoms with Crippen molar-refractivity contribution in [3.05, 3.63) is 52.2 Å². The number of hydrogen-bond acceptors (Lipinski definition) is 6. The third-order valence-corrected chi connectivity index (χ3v) is 5.27. The number of benzene rings is 1. The zero-order valence-corrected chi connectivity index (χ0v) is 16.6. The molecule has 27 heavy (non-hydrogen) atoms. The Morgan fingerprint density at radius 2 is 1.93 bits per heavy atom. The molecule has 140 valence electrons. The first-order chi connectivity index (χ1) is 12.9. The average Bonchev–Trinajstić information content (AvgIpc) is 3.09. The maximum absolute atomic E-state index is 12.7. The topological polar surface area (TPSA) is 72.4 Å². The van der Waals surface area contributed by atoms with E-state index >= 15 is 0 Å². The van der Waals surface area contributed by atoms with Crippen LogP contribution >= 0.6 is 11.3 Å². The monoisotopic (exact) mass is 383 g/mol. The number of amides is 1. The Balaban J connectivity index is 1.78. The van der Waals surface area contributed by atoms with Crippen LogP contribution in [0.25, 0.3) is 10.9 Å². The second kappa shape index (κ2) is 7.84. The highest BCUT2D eigenvalue weighted by atomic mass is 32.1. The van der Waals surface area contributed by atoms with Crippen LogP contribution in [0.3, 0.4) is 0 Å². The first-order valence-corrected chi connectivity index (χ1v) is 9.56. The van der Waals surface area contributed by atoms with E-state index in [9.17, 15) is 9.59 Å². The van der Waals surface area contributed by atoms with Gasteiger partial charge in [-0.15, -0.1) is 11.3 Å². The fourth-order valence-corrected chi connectivity index (χ4v) is 3.94. The predicted molar refractivity (Wildman–Crippen MR) is 106 cm³/mol. The number of esters is 1. The molecular weight excluding hydrogens is 362 g/mol. The van der Waals surface area contributed by atoms with Crippen molar-refractivity contribution in [3.63, 3.8) is 0 Å². The van der Waals surface area contributed by atoms with Crippen molar-refractivity contribution in [2.45, 2.75) is 34.3 Å². The maximum atomic E-state index is 12.7. The third-order valence-electron chi connectivity index (χ3n) is 4.36. The van der Waals surface area contributed by atoms with E-state index in [0.717, 1.165) is 16.5 Å². The lowest BCUT2D eigenvalue weighted by Gasteiger charge is -2.14. The van der Waals surface area contributed by atoms with Crippen LogP contribution in [-0.2, 0) is 16.1 Å². The Labute approximate surface area is 161 Å². The first-order valence-electron chi connectivity index (χ1n) is 8.68. The number of para-hydroxylation sites is 1. The van der Waals surface area contributed by atoms with Crippen LogP contribution < -0.4 is 4.90 Å². The van der Waals surface area contributed by atoms with Crippen LogP contribution in [0.15, 0.2) is 29.6 Å². The quantitative estimate of drug-likeness (QED) is 0.622. The summed E-state index contributed by atoms with van der Waals surface area (Å²) in [6.07, 6.45) is 0. The predicted octanol–water partition coefficient (Wildman–Crippen LogP) is 4.04. The van der Waals surface area contributed by atoms with Crippen molar-refractivity contribution in [1.82, 2.24) is 9.97 Å². The van der Waals surface area contributed by atoms with Crippen LogP contribution in [0.5, 0.6) is 0 Å². The second-order valence-corrected chi connectivity index (χ2v) is 7.01. The number of thiazole rings is 1. The number of aryl methyl sites for hydroxylation is 2. The normalized spacial score (nSPS) is 10.8. The Hall–Kier alpha value is -2.80. The number of anilines is 1. The van der Waals surface area contributed by atoms with Gasteiger partial charge in [-0.05, 0) is 32.4 Å². The van der Waals surface area contributed by atoms with Gasteiger partial charge < -0.3 is 4.74 Å². The molecule has 0 radical (unpaired) electrons. The highest BCUT2D eigenvalue weighted by Crippen LogP contribution is 2.24. The molecule has 6 nitrogen and oxygen atoms in total. The van der Waals surface area contributed by atoms with E-state index in [-0.39, 0.29) is 12.5 Å². The van der Waals surface area contributed by atoms with Crippen molar-refractivity contribution in [1.29, 1.82) is 0 Å². The number of hydrogen-bond donors (Lipinski definition) is 0. The molecule has 0 aliphatic rings. The van der Waals surface area contributed by atoms with Gasteiger partial charge >= 0.3 is 5.97 Å². The van der Waals surface area contributed by atoms with Gasteiger partial charge in [-0.3, -0.25) is 14.7 Å². The summed E-state index contributed by atoms with van der Waals surface area (Å²) in [6, 6.07) is 7.72. The SMILES string of the molecule is CCN(C(C)=O)c1nc(COC(=O)c2c(C)nc3ccccc3c2C)cs1. The van der Waals surface area contributed by atoms with E-state index in [1.165, 1.54) is 18.3 Å². The third kappa shape index (κ3) is 3.83. The van der Waals surface area contributed by atoms with E-state index < -0.39 is 5.97 Å². The molecule has 7 heteroatoms. The molecule has 3 rings (SSSR count). The molecule has 0 saturated heterocycles. The lowest BCUT2D eigenvalue weighted by atomic mass is 10.0. The Bertz CT molecular complexity index is 1010. The van der Waals surface area contributed by atoms with Crippen LogP contribution in [0.4, 0.5) is 5.13 Å². The van der Waals surface area contributed by atoms with Gasteiger partial charge in [-0.25, -0.2) is 9.78 Å². The molecule has 0 N–H and O–H groups in total. The summed E-state index contributed by atoms with van der Waals surface area (Å²) in [4.78, 5) is 34.8. The van der Waals surface area contributed by atoms with E-state index in [2.05, 4.69) is 9.97 Å². The van der Waals surface area contributed by atoms with Gasteiger partial charge in [0.15, 0.2) is 5.13 Å². The van der Waals surface area contributed by atoms with Gasteiger partial charge in [0.1, 0.15) is 6.61 Å². The molecule has 2 heterocycles. The molecule has 0 atom stereocenters. The summed E-state index contributed by atoms with van der Waals surface area (Å²) < 4.78 is 5.47. The molecule has 0 aliphatic heterocycles. The first kappa shape index (κ1) is 19.0. The Kier molecular flexibility index (Phi) is 5.51. The molecule has 2 aromatic heterocycles. The molecule has 0 spiro atoms. The lowest BCUT2D eigenvalue weighted by Crippen LogP contribution is -2.27. The number of carbonyl (C=O) groups is 2. The van der Waals surface area contributed by atoms with Gasteiger partial charge in [0.2, 0.25) is 5.91 Å². The number of nitrogens with zero attached hydrogens (tertiary/aromatic N) is 3. The Morgan fingerprint density at radius 3 is 2.63 bits per heavy atom. The molecule has 0 saturated carbocycles. The van der Waals surface area contributed by atoms with Crippen LogP contribution in [0, 0.1) is 13.8 Å². The summed E-state index contributed by atoms with van der Waals surface area (Å²) in [5.74, 6) is -0.486. The smallest absolute Gasteiger partial charge is 0.340 e. The van der Waals surface area contributed by atoms with E-state index in [4.69, 9.17) is 4.74 Å². The highest BCUT2D eigenvalue weighted by Gasteiger charge is 2.19. The number of rotatable bonds is 5. The molecule has 3 aromatic rings. The number of pyridine rings is 1. The van der Waals surface area contributed by atoms with Gasteiger partial charge in [-0.2, -0.15) is 0 Å². The van der Waals surface area contributed by atoms with Crippen molar-refractivity contribution in [2.75, 3.05) is 11.4 Å². The summed E-state index contributed by atoms with van der Waals surface area (Å²) in [7, 11) is 0. The zero-order chi connectivity index (χ0) is 19.6. The molecule has 0 unspecified atom stereocenters. The van der Waals surface area contributed by atoms with Crippen molar-refractivity contribution >= 4 is 39.2 Å². The van der Waals surface area contributed by atoms with Gasteiger partial charge in [-0.1, -0.05) is 18.2 Å². The number of ether oxygens (including phenoxy) is 1. The Morgan fingerprint density at radius 1 is 1.19 bits per heavy atom. The summed E-state index contributed by atoms with van der Waals surface area (Å²) >= 11 is 1.36. The summed E-state index contributed by atoms with van der Waals surface area (Å²) in [5, 5.41) is 3.34. The molecule has 1 aromatic carbocycles. The number of carbonyl (C=O) groups excluding carboxylic acids is 2. The molecule has 0 aliphatic carbocycles. The zero-order valence-electron chi connectivity index (χ0n) is 15.8. The standard InChI is InChI=1S/C20H21N3O3S/c1-5-23(14(4)24)20-22-15(11-27-20)10-26-19(25)18-12(2)16-8-6-7-9-17(16)21-13(18)3/h6-9,11H,5,10H2,1-4H3. The van der Waals surface area contributed by atoms with Gasteiger partial charge in [0, 0.05) is 24.2 Å². The summed E-state index contributed by atoms with van der Waals surface area (Å²) in [6.45, 7) is 7.70. The largest absolute Gasteiger partial charge is 0.455 e. The lowest BCUT2D eigenvalue weighted by molar-refractivity contribution is -0.116. The van der Waals surface area contributed by atoms with E-state index in [1.54, 1.807) is 10.3 Å². The summed E-state index contributed by atoms with van der Waals surface area (Å²) in [5.41, 5.74) is 3.46.